The molecule has 0 spiro atoms. The van der Waals surface area contributed by atoms with Crippen LogP contribution in [0.1, 0.15) is 26.2 Å². The van der Waals surface area contributed by atoms with Crippen LogP contribution in [-0.2, 0) is 85.7 Å². The van der Waals surface area contributed by atoms with Crippen LogP contribution >= 0.6 is 0 Å². The Morgan fingerprint density at radius 1 is 0.482 bits per heavy atom. The van der Waals surface area contributed by atoms with Crippen LogP contribution in [0.25, 0.3) is 0 Å². The SMILES string of the molecule is C=C(C)C(=O)OCCNC(=O)OCC(COCCC(=O)OCC(=C)C(=O)OC)(COCCC(=O)OCC(=C)C(=O)OC)COCCC(=O)OCC(=C)C(=O)OC. The Bertz CT molecular complexity index is 1290. The van der Waals surface area contributed by atoms with Gasteiger partial charge in [-0.05, 0) is 6.92 Å². The van der Waals surface area contributed by atoms with Gasteiger partial charge in [-0.1, -0.05) is 26.3 Å². The van der Waals surface area contributed by atoms with Crippen molar-refractivity contribution in [1.29, 1.82) is 0 Å². The van der Waals surface area contributed by atoms with E-state index in [0.29, 0.717) is 0 Å². The average molecular weight is 802 g/mol. The van der Waals surface area contributed by atoms with Crippen molar-refractivity contribution in [2.75, 3.05) is 101 Å². The van der Waals surface area contributed by atoms with E-state index in [-0.39, 0.29) is 94.3 Å². The first-order chi connectivity index (χ1) is 26.5. The van der Waals surface area contributed by atoms with Gasteiger partial charge in [-0.3, -0.25) is 14.4 Å². The Kier molecular flexibility index (Phi) is 25.9. The van der Waals surface area contributed by atoms with Gasteiger partial charge in [0.05, 0.1) is 109 Å². The van der Waals surface area contributed by atoms with E-state index >= 15 is 0 Å². The number of rotatable bonds is 30. The lowest BCUT2D eigenvalue weighted by molar-refractivity contribution is -0.146. The zero-order chi connectivity index (χ0) is 42.5. The van der Waals surface area contributed by atoms with E-state index in [1.54, 1.807) is 0 Å². The van der Waals surface area contributed by atoms with Gasteiger partial charge in [-0.15, -0.1) is 0 Å². The van der Waals surface area contributed by atoms with Crippen LogP contribution in [0.5, 0.6) is 0 Å². The molecule has 20 nitrogen and oxygen atoms in total. The van der Waals surface area contributed by atoms with Crippen molar-refractivity contribution < 1.29 is 90.5 Å². The van der Waals surface area contributed by atoms with Gasteiger partial charge in [0.25, 0.3) is 0 Å². The predicted molar refractivity (Wildman–Crippen MR) is 190 cm³/mol. The Balaban J connectivity index is 5.75. The molecule has 1 N–H and O–H groups in total. The lowest BCUT2D eigenvalue weighted by Crippen LogP contribution is -2.44. The minimum atomic E-state index is -1.35. The molecule has 0 saturated carbocycles. The lowest BCUT2D eigenvalue weighted by Gasteiger charge is -2.32. The van der Waals surface area contributed by atoms with Crippen molar-refractivity contribution in [2.24, 2.45) is 5.41 Å². The third-order valence-electron chi connectivity index (χ3n) is 6.68. The zero-order valence-electron chi connectivity index (χ0n) is 32.2. The van der Waals surface area contributed by atoms with E-state index in [1.165, 1.54) is 6.92 Å². The molecule has 0 unspecified atom stereocenters. The maximum absolute atomic E-state index is 12.6. The number of esters is 7. The fraction of sp³-hybridized carbons (Fsp3) is 0.556. The van der Waals surface area contributed by atoms with E-state index in [0.717, 1.165) is 21.3 Å². The molecule has 0 atom stereocenters. The summed E-state index contributed by atoms with van der Waals surface area (Å²) in [5.74, 6) is -5.13. The second kappa shape index (κ2) is 28.8. The molecule has 0 radical (unpaired) electrons. The van der Waals surface area contributed by atoms with Crippen LogP contribution in [0, 0.1) is 5.41 Å². The Labute approximate surface area is 324 Å². The first kappa shape index (κ1) is 50.4. The quantitative estimate of drug-likeness (QED) is 0.0458. The summed E-state index contributed by atoms with van der Waals surface area (Å²) in [6.07, 6.45) is -1.76. The fourth-order valence-corrected chi connectivity index (χ4v) is 3.60. The van der Waals surface area contributed by atoms with Gasteiger partial charge in [0, 0.05) is 5.57 Å². The van der Waals surface area contributed by atoms with E-state index < -0.39 is 79.7 Å². The second-order valence-corrected chi connectivity index (χ2v) is 11.6. The number of hydrogen-bond acceptors (Lipinski definition) is 19. The number of nitrogens with one attached hydrogen (secondary N) is 1. The molecule has 0 saturated heterocycles. The highest BCUT2D eigenvalue weighted by Crippen LogP contribution is 2.22. The molecule has 0 rings (SSSR count). The van der Waals surface area contributed by atoms with Crippen LogP contribution in [0.2, 0.25) is 0 Å². The van der Waals surface area contributed by atoms with Crippen molar-refractivity contribution in [3.8, 4) is 0 Å². The van der Waals surface area contributed by atoms with Gasteiger partial charge in [0.15, 0.2) is 0 Å². The van der Waals surface area contributed by atoms with Crippen molar-refractivity contribution in [1.82, 2.24) is 5.32 Å². The molecule has 0 fully saturated rings. The highest BCUT2D eigenvalue weighted by molar-refractivity contribution is 5.89. The van der Waals surface area contributed by atoms with Crippen LogP contribution < -0.4 is 5.32 Å². The maximum Gasteiger partial charge on any atom is 0.407 e. The van der Waals surface area contributed by atoms with Crippen molar-refractivity contribution in [3.05, 3.63) is 48.6 Å². The van der Waals surface area contributed by atoms with Crippen LogP contribution in [0.3, 0.4) is 0 Å². The topological polar surface area (TPSA) is 250 Å². The molecule has 0 aromatic heterocycles. The number of carbonyl (C=O) groups is 8. The minimum absolute atomic E-state index is 0.0888. The first-order valence-electron chi connectivity index (χ1n) is 16.7. The van der Waals surface area contributed by atoms with E-state index in [1.807, 2.05) is 0 Å². The molecule has 0 aromatic carbocycles. The molecule has 0 aromatic rings. The molecule has 0 aliphatic rings. The standard InChI is InChI=1S/C36H51NO19/c1-24(2)31(41)52-16-12-37-35(45)56-23-36(20-49-13-9-28(38)53-17-25(3)32(42)46-6,21-50-14-10-29(39)54-18-26(4)33(43)47-7)22-51-15-11-30(40)55-19-27(5)34(44)48-8/h1,3-5,9-23H2,2,6-8H3,(H,37,45). The van der Waals surface area contributed by atoms with Gasteiger partial charge < -0.3 is 57.4 Å². The number of hydrogen-bond donors (Lipinski definition) is 1. The molecule has 1 amide bonds. The summed E-state index contributed by atoms with van der Waals surface area (Å²) in [5.41, 5.74) is -1.45. The van der Waals surface area contributed by atoms with Gasteiger partial charge in [0.1, 0.15) is 33.0 Å². The van der Waals surface area contributed by atoms with Crippen LogP contribution in [-0.4, -0.2) is 148 Å². The van der Waals surface area contributed by atoms with Gasteiger partial charge in [0.2, 0.25) is 0 Å². The van der Waals surface area contributed by atoms with Gasteiger partial charge >= 0.3 is 47.9 Å². The third kappa shape index (κ3) is 23.2. The summed E-state index contributed by atoms with van der Waals surface area (Å²) >= 11 is 0. The molecule has 0 aliphatic carbocycles. The molecular weight excluding hydrogens is 750 g/mol. The average Bonchev–Trinajstić information content (AvgIpc) is 3.19. The van der Waals surface area contributed by atoms with Crippen LogP contribution in [0.4, 0.5) is 4.79 Å². The predicted octanol–water partition coefficient (Wildman–Crippen LogP) is 0.856. The van der Waals surface area contributed by atoms with E-state index in [2.05, 4.69) is 45.8 Å². The molecule has 56 heavy (non-hydrogen) atoms. The van der Waals surface area contributed by atoms with Crippen molar-refractivity contribution in [2.45, 2.75) is 26.2 Å². The summed E-state index contributed by atoms with van der Waals surface area (Å²) in [4.78, 5) is 95.4. The highest BCUT2D eigenvalue weighted by atomic mass is 16.6. The third-order valence-corrected chi connectivity index (χ3v) is 6.68. The van der Waals surface area contributed by atoms with Gasteiger partial charge in [-0.25, -0.2) is 24.0 Å². The molecule has 20 heteroatoms. The number of alkyl carbamates (subject to hydrolysis) is 1. The monoisotopic (exact) mass is 801 g/mol. The molecule has 0 bridgehead atoms. The lowest BCUT2D eigenvalue weighted by atomic mass is 9.92. The largest absolute Gasteiger partial charge is 0.466 e. The molecule has 314 valence electrons. The molecule has 0 aliphatic heterocycles. The molecule has 0 heterocycles. The Morgan fingerprint density at radius 3 is 1.16 bits per heavy atom. The Morgan fingerprint density at radius 2 is 0.839 bits per heavy atom. The van der Waals surface area contributed by atoms with E-state index in [4.69, 9.17) is 37.9 Å². The number of amides is 1. The number of carbonyl (C=O) groups excluding carboxylic acids is 8. The summed E-state index contributed by atoms with van der Waals surface area (Å²) < 4.78 is 56.0. The Hall–Kier alpha value is -5.60. The van der Waals surface area contributed by atoms with Crippen LogP contribution in [0.15, 0.2) is 48.6 Å². The normalized spacial score (nSPS) is 10.5. The van der Waals surface area contributed by atoms with Gasteiger partial charge in [-0.2, -0.15) is 0 Å². The first-order valence-corrected chi connectivity index (χ1v) is 16.7. The maximum atomic E-state index is 12.6. The summed E-state index contributed by atoms with van der Waals surface area (Å²) in [5, 5.41) is 2.41. The number of ether oxygens (including phenoxy) is 11. The minimum Gasteiger partial charge on any atom is -0.466 e. The molecular formula is C36H51NO19. The summed E-state index contributed by atoms with van der Waals surface area (Å²) in [6, 6.07) is 0. The highest BCUT2D eigenvalue weighted by Gasteiger charge is 2.34. The summed E-state index contributed by atoms with van der Waals surface area (Å²) in [6.45, 7) is 11.8. The summed E-state index contributed by atoms with van der Waals surface area (Å²) in [7, 11) is 3.43. The van der Waals surface area contributed by atoms with Crippen molar-refractivity contribution in [3.63, 3.8) is 0 Å². The van der Waals surface area contributed by atoms with Crippen molar-refractivity contribution >= 4 is 47.9 Å². The zero-order valence-corrected chi connectivity index (χ0v) is 32.2. The smallest absolute Gasteiger partial charge is 0.407 e. The fourth-order valence-electron chi connectivity index (χ4n) is 3.60. The second-order valence-electron chi connectivity index (χ2n) is 11.6. The van der Waals surface area contributed by atoms with E-state index in [9.17, 15) is 38.4 Å². The number of methoxy groups -OCH3 is 3.